The van der Waals surface area contributed by atoms with Crippen LogP contribution in [0.25, 0.3) is 0 Å². The Hall–Kier alpha value is -2.99. The van der Waals surface area contributed by atoms with E-state index in [4.69, 9.17) is 0 Å². The van der Waals surface area contributed by atoms with Crippen LogP contribution in [0, 0.1) is 6.92 Å². The summed E-state index contributed by atoms with van der Waals surface area (Å²) in [4.78, 5) is 34.1. The number of nitrogens with zero attached hydrogens (tertiary/aromatic N) is 2. The molecule has 32 heavy (non-hydrogen) atoms. The van der Waals surface area contributed by atoms with Crippen LogP contribution in [-0.4, -0.2) is 22.8 Å². The molecule has 6 heteroatoms. The minimum Gasteiger partial charge on any atom is -0.351 e. The van der Waals surface area contributed by atoms with Gasteiger partial charge in [-0.3, -0.25) is 19.5 Å². The van der Waals surface area contributed by atoms with Crippen molar-refractivity contribution in [2.45, 2.75) is 57.5 Å². The van der Waals surface area contributed by atoms with Crippen molar-refractivity contribution in [3.63, 3.8) is 0 Å². The fourth-order valence-electron chi connectivity index (χ4n) is 4.28. The quantitative estimate of drug-likeness (QED) is 0.540. The number of rotatable bonds is 7. The zero-order valence-corrected chi connectivity index (χ0v) is 19.2. The molecule has 0 saturated heterocycles. The van der Waals surface area contributed by atoms with Gasteiger partial charge in [0.25, 0.3) is 0 Å². The average molecular weight is 448 g/mol. The zero-order chi connectivity index (χ0) is 22.3. The molecular formula is C26H29N3O2S. The van der Waals surface area contributed by atoms with E-state index >= 15 is 0 Å². The number of benzene rings is 1. The van der Waals surface area contributed by atoms with Gasteiger partial charge in [0, 0.05) is 29.0 Å². The highest BCUT2D eigenvalue weighted by molar-refractivity contribution is 7.10. The molecule has 1 aliphatic carbocycles. The Kier molecular flexibility index (Phi) is 7.32. The Balaban J connectivity index is 1.71. The Morgan fingerprint density at radius 1 is 1.06 bits per heavy atom. The van der Waals surface area contributed by atoms with Crippen molar-refractivity contribution in [3.05, 3.63) is 82.3 Å². The van der Waals surface area contributed by atoms with E-state index in [2.05, 4.69) is 10.3 Å². The van der Waals surface area contributed by atoms with Crippen LogP contribution in [0.2, 0.25) is 0 Å². The highest BCUT2D eigenvalue weighted by Gasteiger charge is 2.34. The number of anilines is 1. The second kappa shape index (κ2) is 10.6. The van der Waals surface area contributed by atoms with Crippen LogP contribution >= 0.6 is 11.3 Å². The second-order valence-corrected chi connectivity index (χ2v) is 9.41. The minimum absolute atomic E-state index is 0.100. The summed E-state index contributed by atoms with van der Waals surface area (Å²) in [6.07, 6.45) is 9.05. The first-order valence-corrected chi connectivity index (χ1v) is 12.1. The number of nitrogens with one attached hydrogen (secondary N) is 1. The first-order chi connectivity index (χ1) is 15.6. The van der Waals surface area contributed by atoms with Gasteiger partial charge in [-0.25, -0.2) is 0 Å². The van der Waals surface area contributed by atoms with E-state index in [1.165, 1.54) is 6.42 Å². The zero-order valence-electron chi connectivity index (χ0n) is 18.4. The maximum Gasteiger partial charge on any atom is 0.248 e. The summed E-state index contributed by atoms with van der Waals surface area (Å²) in [5.41, 5.74) is 2.58. The van der Waals surface area contributed by atoms with Crippen molar-refractivity contribution in [3.8, 4) is 0 Å². The molecular weight excluding hydrogens is 418 g/mol. The summed E-state index contributed by atoms with van der Waals surface area (Å²) in [5, 5.41) is 5.21. The normalized spacial score (nSPS) is 15.2. The molecule has 0 unspecified atom stereocenters. The summed E-state index contributed by atoms with van der Waals surface area (Å²) in [6, 6.07) is 14.7. The molecule has 2 amide bonds. The Labute approximate surface area is 193 Å². The number of carbonyl (C=O) groups is 2. The topological polar surface area (TPSA) is 62.3 Å². The molecule has 0 radical (unpaired) electrons. The first-order valence-electron chi connectivity index (χ1n) is 11.2. The lowest BCUT2D eigenvalue weighted by atomic mass is 9.94. The van der Waals surface area contributed by atoms with Crippen LogP contribution in [0.1, 0.15) is 54.1 Å². The summed E-state index contributed by atoms with van der Waals surface area (Å²) in [7, 11) is 0. The lowest BCUT2D eigenvalue weighted by molar-refractivity contribution is -0.127. The predicted molar refractivity (Wildman–Crippen MR) is 129 cm³/mol. The molecule has 1 aromatic carbocycles. The molecule has 0 aliphatic heterocycles. The van der Waals surface area contributed by atoms with Crippen molar-refractivity contribution in [2.24, 2.45) is 0 Å². The van der Waals surface area contributed by atoms with Crippen LogP contribution in [0.5, 0.6) is 0 Å². The lowest BCUT2D eigenvalue weighted by Gasteiger charge is -2.33. The molecule has 1 fully saturated rings. The van der Waals surface area contributed by atoms with E-state index in [9.17, 15) is 9.59 Å². The van der Waals surface area contributed by atoms with Crippen molar-refractivity contribution in [1.82, 2.24) is 10.3 Å². The van der Waals surface area contributed by atoms with Gasteiger partial charge in [0.15, 0.2) is 0 Å². The van der Waals surface area contributed by atoms with E-state index in [1.807, 2.05) is 60.8 Å². The largest absolute Gasteiger partial charge is 0.351 e. The number of thiophene rings is 1. The number of carbonyl (C=O) groups excluding carboxylic acids is 2. The van der Waals surface area contributed by atoms with Crippen LogP contribution < -0.4 is 10.2 Å². The number of hydrogen-bond donors (Lipinski definition) is 1. The van der Waals surface area contributed by atoms with Gasteiger partial charge >= 0.3 is 0 Å². The minimum atomic E-state index is -0.755. The van der Waals surface area contributed by atoms with E-state index in [0.717, 1.165) is 47.4 Å². The molecule has 2 heterocycles. The van der Waals surface area contributed by atoms with Gasteiger partial charge in [-0.15, -0.1) is 11.3 Å². The maximum atomic E-state index is 13.7. The predicted octanol–water partition coefficient (Wildman–Crippen LogP) is 5.22. The maximum absolute atomic E-state index is 13.7. The molecule has 3 aromatic rings. The van der Waals surface area contributed by atoms with E-state index < -0.39 is 6.04 Å². The fraction of sp³-hybridized carbons (Fsp3) is 0.346. The summed E-state index contributed by atoms with van der Waals surface area (Å²) < 4.78 is 0. The SMILES string of the molecule is Cc1ccc(N(C(=O)Cc2cccs2)[C@H](C(=O)NC2CCCCC2)c2ccncc2)cc1. The summed E-state index contributed by atoms with van der Waals surface area (Å²) in [6.45, 7) is 2.01. The van der Waals surface area contributed by atoms with Crippen LogP contribution in [-0.2, 0) is 16.0 Å². The van der Waals surface area contributed by atoms with E-state index in [1.54, 1.807) is 28.6 Å². The van der Waals surface area contributed by atoms with Crippen molar-refractivity contribution >= 4 is 28.8 Å². The van der Waals surface area contributed by atoms with Crippen molar-refractivity contribution in [2.75, 3.05) is 4.90 Å². The number of aromatic nitrogens is 1. The third-order valence-corrected chi connectivity index (χ3v) is 6.84. The lowest BCUT2D eigenvalue weighted by Crippen LogP contribution is -2.47. The Morgan fingerprint density at radius 2 is 1.78 bits per heavy atom. The van der Waals surface area contributed by atoms with Crippen LogP contribution in [0.4, 0.5) is 5.69 Å². The van der Waals surface area contributed by atoms with Crippen molar-refractivity contribution < 1.29 is 9.59 Å². The van der Waals surface area contributed by atoms with Gasteiger partial charge in [-0.05, 0) is 61.0 Å². The third-order valence-electron chi connectivity index (χ3n) is 5.97. The van der Waals surface area contributed by atoms with Crippen LogP contribution in [0.15, 0.2) is 66.3 Å². The Bertz CT molecular complexity index is 1010. The monoisotopic (exact) mass is 447 g/mol. The van der Waals surface area contributed by atoms with E-state index in [0.29, 0.717) is 0 Å². The summed E-state index contributed by atoms with van der Waals surface area (Å²) >= 11 is 1.55. The number of amides is 2. The Morgan fingerprint density at radius 3 is 2.44 bits per heavy atom. The standard InChI is InChI=1S/C26H29N3O2S/c1-19-9-11-22(12-10-19)29(24(30)18-23-8-5-17-32-23)25(20-13-15-27-16-14-20)26(31)28-21-6-3-2-4-7-21/h5,8-17,21,25H,2-4,6-7,18H2,1H3,(H,28,31)/t25-/m0/s1. The van der Waals surface area contributed by atoms with Gasteiger partial charge in [-0.1, -0.05) is 43.0 Å². The third kappa shape index (κ3) is 5.43. The molecule has 1 aliphatic rings. The number of pyridine rings is 1. The highest BCUT2D eigenvalue weighted by atomic mass is 32.1. The molecule has 1 N–H and O–H groups in total. The van der Waals surface area contributed by atoms with Gasteiger partial charge in [-0.2, -0.15) is 0 Å². The molecule has 5 nitrogen and oxygen atoms in total. The van der Waals surface area contributed by atoms with Gasteiger partial charge < -0.3 is 5.32 Å². The first kappa shape index (κ1) is 22.2. The molecule has 2 aromatic heterocycles. The molecule has 4 rings (SSSR count). The van der Waals surface area contributed by atoms with E-state index in [-0.39, 0.29) is 24.3 Å². The highest BCUT2D eigenvalue weighted by Crippen LogP contribution is 2.30. The molecule has 1 saturated carbocycles. The molecule has 0 spiro atoms. The fourth-order valence-corrected chi connectivity index (χ4v) is 4.98. The van der Waals surface area contributed by atoms with Gasteiger partial charge in [0.05, 0.1) is 6.42 Å². The smallest absolute Gasteiger partial charge is 0.248 e. The molecule has 166 valence electrons. The van der Waals surface area contributed by atoms with Gasteiger partial charge in [0.1, 0.15) is 6.04 Å². The number of hydrogen-bond acceptors (Lipinski definition) is 4. The summed E-state index contributed by atoms with van der Waals surface area (Å²) in [5.74, 6) is -0.236. The molecule has 1 atom stereocenters. The van der Waals surface area contributed by atoms with Crippen LogP contribution in [0.3, 0.4) is 0 Å². The average Bonchev–Trinajstić information content (AvgIpc) is 3.32. The molecule has 0 bridgehead atoms. The second-order valence-electron chi connectivity index (χ2n) is 8.38. The van der Waals surface area contributed by atoms with Crippen molar-refractivity contribution in [1.29, 1.82) is 0 Å². The number of aryl methyl sites for hydroxylation is 1. The van der Waals surface area contributed by atoms with Gasteiger partial charge in [0.2, 0.25) is 11.8 Å².